The topological polar surface area (TPSA) is 106 Å². The lowest BCUT2D eigenvalue weighted by molar-refractivity contribution is -0.385. The zero-order chi connectivity index (χ0) is 18.2. The van der Waals surface area contributed by atoms with Gasteiger partial charge in [-0.2, -0.15) is 0 Å². The number of nitrogens with one attached hydrogen (secondary N) is 3. The van der Waals surface area contributed by atoms with E-state index in [1.165, 1.54) is 12.1 Å². The Morgan fingerprint density at radius 3 is 2.60 bits per heavy atom. The van der Waals surface area contributed by atoms with Crippen molar-refractivity contribution < 1.29 is 14.5 Å². The van der Waals surface area contributed by atoms with E-state index in [9.17, 15) is 14.9 Å². The van der Waals surface area contributed by atoms with Gasteiger partial charge in [0, 0.05) is 11.6 Å². The molecule has 0 aliphatic rings. The number of carbonyl (C=O) groups is 1. The van der Waals surface area contributed by atoms with Gasteiger partial charge in [-0.15, -0.1) is 0 Å². The number of ether oxygens (including phenoxy) is 1. The molecule has 0 saturated heterocycles. The number of thiocarbonyl (C=S) groups is 1. The van der Waals surface area contributed by atoms with E-state index in [-0.39, 0.29) is 28.7 Å². The average Bonchev–Trinajstić information content (AvgIpc) is 2.61. The molecule has 2 aromatic carbocycles. The Morgan fingerprint density at radius 2 is 1.96 bits per heavy atom. The highest BCUT2D eigenvalue weighted by Gasteiger charge is 2.19. The Hall–Kier alpha value is -3.20. The highest BCUT2D eigenvalue weighted by atomic mass is 32.1. The van der Waals surface area contributed by atoms with Gasteiger partial charge in [-0.1, -0.05) is 18.2 Å². The van der Waals surface area contributed by atoms with Gasteiger partial charge in [0.1, 0.15) is 0 Å². The first-order valence-electron chi connectivity index (χ1n) is 7.35. The lowest BCUT2D eigenvalue weighted by Gasteiger charge is -2.12. The molecule has 2 rings (SSSR count). The number of hydrazine groups is 1. The molecule has 3 N–H and O–H groups in total. The van der Waals surface area contributed by atoms with Crippen LogP contribution in [0.1, 0.15) is 17.3 Å². The lowest BCUT2D eigenvalue weighted by Crippen LogP contribution is -2.41. The minimum Gasteiger partial charge on any atom is -0.487 e. The third-order valence-corrected chi connectivity index (χ3v) is 3.24. The molecule has 0 aromatic heterocycles. The number of anilines is 1. The molecule has 0 radical (unpaired) electrons. The molecule has 2 aromatic rings. The maximum atomic E-state index is 12.2. The summed E-state index contributed by atoms with van der Waals surface area (Å²) in [6.45, 7) is 2.00. The van der Waals surface area contributed by atoms with Gasteiger partial charge >= 0.3 is 5.69 Å². The first kappa shape index (κ1) is 18.1. The highest BCUT2D eigenvalue weighted by molar-refractivity contribution is 7.80. The van der Waals surface area contributed by atoms with E-state index in [0.717, 1.165) is 11.8 Å². The van der Waals surface area contributed by atoms with Gasteiger partial charge in [0.15, 0.2) is 10.9 Å². The van der Waals surface area contributed by atoms with Crippen molar-refractivity contribution in [1.29, 1.82) is 0 Å². The maximum absolute atomic E-state index is 12.2. The predicted octanol–water partition coefficient (Wildman–Crippen LogP) is 2.62. The SMILES string of the molecule is CCOc1ccc(C(=O)NC(=S)NNc2ccccc2)cc1[N+](=O)[O-]. The van der Waals surface area contributed by atoms with Crippen LogP contribution < -0.4 is 20.9 Å². The monoisotopic (exact) mass is 360 g/mol. The molecular weight excluding hydrogens is 344 g/mol. The predicted molar refractivity (Wildman–Crippen MR) is 97.5 cm³/mol. The van der Waals surface area contributed by atoms with Crippen molar-refractivity contribution in [2.75, 3.05) is 12.0 Å². The summed E-state index contributed by atoms with van der Waals surface area (Å²) in [7, 11) is 0. The van der Waals surface area contributed by atoms with Crippen molar-refractivity contribution in [3.05, 3.63) is 64.2 Å². The Kier molecular flexibility index (Phi) is 6.24. The molecule has 1 amide bonds. The van der Waals surface area contributed by atoms with Crippen LogP contribution in [0.25, 0.3) is 0 Å². The Morgan fingerprint density at radius 1 is 1.24 bits per heavy atom. The fraction of sp³-hybridized carbons (Fsp3) is 0.125. The van der Waals surface area contributed by atoms with Gasteiger partial charge in [-0.25, -0.2) is 0 Å². The number of hydrogen-bond donors (Lipinski definition) is 3. The van der Waals surface area contributed by atoms with E-state index in [1.54, 1.807) is 6.92 Å². The van der Waals surface area contributed by atoms with Crippen molar-refractivity contribution in [3.63, 3.8) is 0 Å². The molecule has 0 saturated carbocycles. The molecule has 8 nitrogen and oxygen atoms in total. The number of benzene rings is 2. The lowest BCUT2D eigenvalue weighted by atomic mass is 10.1. The first-order valence-corrected chi connectivity index (χ1v) is 7.75. The minimum absolute atomic E-state index is 0.0328. The second kappa shape index (κ2) is 8.60. The molecule has 130 valence electrons. The zero-order valence-corrected chi connectivity index (χ0v) is 14.1. The van der Waals surface area contributed by atoms with Gasteiger partial charge in [-0.05, 0) is 43.4 Å². The van der Waals surface area contributed by atoms with Crippen LogP contribution in [0.4, 0.5) is 11.4 Å². The van der Waals surface area contributed by atoms with E-state index in [0.29, 0.717) is 0 Å². The molecule has 0 spiro atoms. The van der Waals surface area contributed by atoms with Crippen LogP contribution in [0.2, 0.25) is 0 Å². The van der Waals surface area contributed by atoms with Crippen molar-refractivity contribution in [3.8, 4) is 5.75 Å². The second-order valence-electron chi connectivity index (χ2n) is 4.77. The third-order valence-electron chi connectivity index (χ3n) is 3.04. The Bertz CT molecular complexity index is 783. The second-order valence-corrected chi connectivity index (χ2v) is 5.18. The van der Waals surface area contributed by atoms with E-state index in [4.69, 9.17) is 17.0 Å². The van der Waals surface area contributed by atoms with Crippen molar-refractivity contribution in [2.45, 2.75) is 6.92 Å². The summed E-state index contributed by atoms with van der Waals surface area (Å²) in [6.07, 6.45) is 0. The molecule has 25 heavy (non-hydrogen) atoms. The molecule has 0 aliphatic heterocycles. The van der Waals surface area contributed by atoms with Crippen LogP contribution in [-0.2, 0) is 0 Å². The smallest absolute Gasteiger partial charge is 0.311 e. The summed E-state index contributed by atoms with van der Waals surface area (Å²) >= 11 is 5.02. The number of carbonyl (C=O) groups excluding carboxylic acids is 1. The van der Waals surface area contributed by atoms with Gasteiger partial charge in [0.25, 0.3) is 5.91 Å². The Labute approximate surface area is 149 Å². The van der Waals surface area contributed by atoms with Crippen LogP contribution in [0.5, 0.6) is 5.75 Å². The fourth-order valence-corrected chi connectivity index (χ4v) is 2.08. The summed E-state index contributed by atoms with van der Waals surface area (Å²) in [5.41, 5.74) is 6.06. The van der Waals surface area contributed by atoms with Crippen LogP contribution in [0, 0.1) is 10.1 Å². The molecule has 0 aliphatic carbocycles. The normalized spacial score (nSPS) is 9.80. The number of amides is 1. The number of nitrogens with zero attached hydrogens (tertiary/aromatic N) is 1. The Balaban J connectivity index is 2.01. The fourth-order valence-electron chi connectivity index (χ4n) is 1.94. The average molecular weight is 360 g/mol. The van der Waals surface area contributed by atoms with Crippen LogP contribution in [0.15, 0.2) is 48.5 Å². The van der Waals surface area contributed by atoms with Crippen molar-refractivity contribution >= 4 is 34.6 Å². The van der Waals surface area contributed by atoms with Crippen LogP contribution >= 0.6 is 12.2 Å². The quantitative estimate of drug-likeness (QED) is 0.413. The molecule has 0 bridgehead atoms. The van der Waals surface area contributed by atoms with E-state index < -0.39 is 10.8 Å². The first-order chi connectivity index (χ1) is 12.0. The van der Waals surface area contributed by atoms with Gasteiger partial charge in [-0.3, -0.25) is 31.1 Å². The summed E-state index contributed by atoms with van der Waals surface area (Å²) < 4.78 is 5.18. The van der Waals surface area contributed by atoms with E-state index in [2.05, 4.69) is 16.2 Å². The number of nitro groups is 1. The van der Waals surface area contributed by atoms with Crippen LogP contribution in [-0.4, -0.2) is 22.5 Å². The third kappa shape index (κ3) is 5.15. The minimum atomic E-state index is -0.602. The number of rotatable bonds is 6. The summed E-state index contributed by atoms with van der Waals surface area (Å²) in [5, 5.41) is 13.6. The molecule has 0 unspecified atom stereocenters. The van der Waals surface area contributed by atoms with Gasteiger partial charge < -0.3 is 4.74 Å². The van der Waals surface area contributed by atoms with Crippen LogP contribution in [0.3, 0.4) is 0 Å². The van der Waals surface area contributed by atoms with Crippen molar-refractivity contribution in [2.24, 2.45) is 0 Å². The van der Waals surface area contributed by atoms with Gasteiger partial charge in [0.2, 0.25) is 0 Å². The van der Waals surface area contributed by atoms with E-state index in [1.807, 2.05) is 30.3 Å². The summed E-state index contributed by atoms with van der Waals surface area (Å²) in [4.78, 5) is 22.7. The standard InChI is InChI=1S/C16H16N4O4S/c1-2-24-14-9-8-11(10-13(14)20(22)23)15(21)17-16(25)19-18-12-6-4-3-5-7-12/h3-10,18H,2H2,1H3,(H2,17,19,21,25). The van der Waals surface area contributed by atoms with E-state index >= 15 is 0 Å². The maximum Gasteiger partial charge on any atom is 0.311 e. The zero-order valence-electron chi connectivity index (χ0n) is 13.3. The molecule has 9 heteroatoms. The van der Waals surface area contributed by atoms with Gasteiger partial charge in [0.05, 0.1) is 17.2 Å². The molecule has 0 atom stereocenters. The summed E-state index contributed by atoms with van der Waals surface area (Å²) in [5.74, 6) is -0.464. The number of hydrogen-bond acceptors (Lipinski definition) is 6. The number of para-hydroxylation sites is 1. The largest absolute Gasteiger partial charge is 0.487 e. The highest BCUT2D eigenvalue weighted by Crippen LogP contribution is 2.27. The summed E-state index contributed by atoms with van der Waals surface area (Å²) in [6, 6.07) is 13.1. The molecule has 0 heterocycles. The van der Waals surface area contributed by atoms with Crippen molar-refractivity contribution in [1.82, 2.24) is 10.7 Å². The molecule has 0 fully saturated rings. The number of nitro benzene ring substituents is 1. The molecular formula is C16H16N4O4S.